The number of benzene rings is 2. The minimum Gasteiger partial charge on any atom is -0.387 e. The number of carbonyl (C=O) groups is 1. The summed E-state index contributed by atoms with van der Waals surface area (Å²) in [6.45, 7) is 6.79. The van der Waals surface area contributed by atoms with Crippen LogP contribution in [0.15, 0.2) is 60.7 Å². The van der Waals surface area contributed by atoms with Crippen LogP contribution in [0.25, 0.3) is 0 Å². The van der Waals surface area contributed by atoms with Gasteiger partial charge in [0.1, 0.15) is 0 Å². The normalized spacial score (nSPS) is 19.5. The number of piperidine rings is 1. The lowest BCUT2D eigenvalue weighted by Crippen LogP contribution is -2.49. The molecule has 3 rings (SSSR count). The van der Waals surface area contributed by atoms with Crippen molar-refractivity contribution in [3.63, 3.8) is 0 Å². The predicted octanol–water partition coefficient (Wildman–Crippen LogP) is 4.65. The molecule has 2 aromatic rings. The van der Waals surface area contributed by atoms with Gasteiger partial charge in [-0.25, -0.2) is 0 Å². The van der Waals surface area contributed by atoms with Crippen molar-refractivity contribution >= 4 is 11.6 Å². The summed E-state index contributed by atoms with van der Waals surface area (Å²) in [6, 6.07) is 20.1. The van der Waals surface area contributed by atoms with Gasteiger partial charge in [0, 0.05) is 31.2 Å². The van der Waals surface area contributed by atoms with E-state index in [9.17, 15) is 9.90 Å². The second-order valence-electron chi connectivity index (χ2n) is 8.18. The zero-order valence-electron chi connectivity index (χ0n) is 17.7. The highest BCUT2D eigenvalue weighted by Crippen LogP contribution is 2.29. The number of amides is 1. The zero-order valence-corrected chi connectivity index (χ0v) is 17.7. The van der Waals surface area contributed by atoms with Crippen molar-refractivity contribution < 1.29 is 9.90 Å². The van der Waals surface area contributed by atoms with Gasteiger partial charge in [-0.05, 0) is 56.3 Å². The van der Waals surface area contributed by atoms with Crippen molar-refractivity contribution in [2.75, 3.05) is 24.5 Å². The Labute approximate surface area is 175 Å². The fourth-order valence-electron chi connectivity index (χ4n) is 4.42. The van der Waals surface area contributed by atoms with Gasteiger partial charge in [-0.1, -0.05) is 55.5 Å². The van der Waals surface area contributed by atoms with Crippen LogP contribution in [0.3, 0.4) is 0 Å². The van der Waals surface area contributed by atoms with Crippen LogP contribution in [0.5, 0.6) is 0 Å². The molecular weight excluding hydrogens is 360 g/mol. The Bertz CT molecular complexity index is 750. The minimum absolute atomic E-state index is 0.133. The second kappa shape index (κ2) is 10.6. The molecule has 0 spiro atoms. The summed E-state index contributed by atoms with van der Waals surface area (Å²) in [7, 11) is 0. The molecule has 1 amide bonds. The first kappa shape index (κ1) is 21.5. The number of nitrogens with zero attached hydrogens (tertiary/aromatic N) is 2. The Balaban J connectivity index is 1.69. The summed E-state index contributed by atoms with van der Waals surface area (Å²) in [4.78, 5) is 17.3. The number of carbonyl (C=O) groups excluding carboxylic acids is 1. The van der Waals surface area contributed by atoms with Crippen molar-refractivity contribution in [3.05, 3.63) is 66.2 Å². The molecule has 1 saturated heterocycles. The highest BCUT2D eigenvalue weighted by atomic mass is 16.3. The van der Waals surface area contributed by atoms with Crippen LogP contribution in [0.2, 0.25) is 0 Å². The third-order valence-corrected chi connectivity index (χ3v) is 6.01. The molecule has 1 fully saturated rings. The molecule has 0 bridgehead atoms. The minimum atomic E-state index is -0.475. The summed E-state index contributed by atoms with van der Waals surface area (Å²) in [6.07, 6.45) is 3.16. The number of hydrogen-bond donors (Lipinski definition) is 1. The number of rotatable bonds is 8. The molecule has 156 valence electrons. The first-order valence-electron chi connectivity index (χ1n) is 10.9. The maximum absolute atomic E-state index is 12.9. The molecule has 1 heterocycles. The van der Waals surface area contributed by atoms with Crippen molar-refractivity contribution in [1.29, 1.82) is 0 Å². The van der Waals surface area contributed by atoms with Crippen LogP contribution >= 0.6 is 0 Å². The van der Waals surface area contributed by atoms with E-state index in [1.54, 1.807) is 0 Å². The van der Waals surface area contributed by atoms with Crippen molar-refractivity contribution in [3.8, 4) is 0 Å². The molecule has 1 aliphatic rings. The van der Waals surface area contributed by atoms with Gasteiger partial charge in [0.05, 0.1) is 6.10 Å². The lowest BCUT2D eigenvalue weighted by molar-refractivity contribution is -0.119. The Morgan fingerprint density at radius 3 is 2.45 bits per heavy atom. The van der Waals surface area contributed by atoms with E-state index in [4.69, 9.17) is 0 Å². The van der Waals surface area contributed by atoms with Gasteiger partial charge in [0.2, 0.25) is 5.91 Å². The van der Waals surface area contributed by atoms with E-state index in [0.29, 0.717) is 18.9 Å². The Kier molecular flexibility index (Phi) is 7.84. The van der Waals surface area contributed by atoms with E-state index in [1.165, 1.54) is 0 Å². The summed E-state index contributed by atoms with van der Waals surface area (Å²) in [5.41, 5.74) is 1.95. The van der Waals surface area contributed by atoms with E-state index >= 15 is 0 Å². The largest absolute Gasteiger partial charge is 0.387 e. The maximum Gasteiger partial charge on any atom is 0.227 e. The van der Waals surface area contributed by atoms with Crippen LogP contribution in [-0.4, -0.2) is 41.6 Å². The Hall–Kier alpha value is -2.17. The van der Waals surface area contributed by atoms with Gasteiger partial charge < -0.3 is 14.9 Å². The maximum atomic E-state index is 12.9. The number of aliphatic hydroxyl groups is 1. The van der Waals surface area contributed by atoms with E-state index in [-0.39, 0.29) is 11.9 Å². The molecule has 4 heteroatoms. The van der Waals surface area contributed by atoms with Crippen LogP contribution in [0.1, 0.15) is 51.2 Å². The second-order valence-corrected chi connectivity index (χ2v) is 8.18. The van der Waals surface area contributed by atoms with Gasteiger partial charge >= 0.3 is 0 Å². The molecule has 0 aromatic heterocycles. The Morgan fingerprint density at radius 2 is 1.79 bits per heavy atom. The average Bonchev–Trinajstić information content (AvgIpc) is 2.75. The van der Waals surface area contributed by atoms with Gasteiger partial charge in [-0.3, -0.25) is 4.79 Å². The molecule has 1 N–H and O–H groups in total. The highest BCUT2D eigenvalue weighted by Gasteiger charge is 2.32. The molecule has 0 radical (unpaired) electrons. The molecule has 29 heavy (non-hydrogen) atoms. The average molecular weight is 395 g/mol. The standard InChI is InChI=1S/C25H34N2O2/c1-3-11-25(29)27(23-15-8-5-9-16-23)20(2)22-14-10-17-26(18-22)19-24(28)21-12-6-4-7-13-21/h4-9,12-13,15-16,20,22,24,28H,3,10-11,14,17-19H2,1-2H3/t20-,22-,24+/m0/s1. The molecule has 3 atom stereocenters. The molecule has 0 unspecified atom stereocenters. The number of likely N-dealkylation sites (tertiary alicyclic amines) is 1. The topological polar surface area (TPSA) is 43.8 Å². The smallest absolute Gasteiger partial charge is 0.227 e. The molecule has 4 nitrogen and oxygen atoms in total. The van der Waals surface area contributed by atoms with E-state index in [2.05, 4.69) is 18.7 Å². The molecule has 0 aliphatic carbocycles. The fourth-order valence-corrected chi connectivity index (χ4v) is 4.42. The third-order valence-electron chi connectivity index (χ3n) is 6.01. The first-order valence-corrected chi connectivity index (χ1v) is 10.9. The van der Waals surface area contributed by atoms with Gasteiger partial charge in [0.25, 0.3) is 0 Å². The SMILES string of the molecule is CCCC(=O)N(c1ccccc1)[C@@H](C)[C@H]1CCCN(C[C@@H](O)c2ccccc2)C1. The van der Waals surface area contributed by atoms with E-state index < -0.39 is 6.10 Å². The zero-order chi connectivity index (χ0) is 20.6. The number of aliphatic hydroxyl groups excluding tert-OH is 1. The third kappa shape index (κ3) is 5.68. The number of anilines is 1. The quantitative estimate of drug-likeness (QED) is 0.708. The van der Waals surface area contributed by atoms with Crippen LogP contribution in [0, 0.1) is 5.92 Å². The van der Waals surface area contributed by atoms with E-state index in [0.717, 1.165) is 43.6 Å². The van der Waals surface area contributed by atoms with Gasteiger partial charge in [-0.15, -0.1) is 0 Å². The summed E-state index contributed by atoms with van der Waals surface area (Å²) in [5.74, 6) is 0.598. The summed E-state index contributed by atoms with van der Waals surface area (Å²) in [5, 5.41) is 10.6. The van der Waals surface area contributed by atoms with Crippen molar-refractivity contribution in [1.82, 2.24) is 4.90 Å². The van der Waals surface area contributed by atoms with Crippen molar-refractivity contribution in [2.24, 2.45) is 5.92 Å². The lowest BCUT2D eigenvalue weighted by atomic mass is 9.89. The monoisotopic (exact) mass is 394 g/mol. The summed E-state index contributed by atoms with van der Waals surface area (Å²) < 4.78 is 0. The number of hydrogen-bond acceptors (Lipinski definition) is 3. The Morgan fingerprint density at radius 1 is 1.14 bits per heavy atom. The summed E-state index contributed by atoms with van der Waals surface area (Å²) >= 11 is 0. The molecule has 0 saturated carbocycles. The molecule has 2 aromatic carbocycles. The van der Waals surface area contributed by atoms with Crippen molar-refractivity contribution in [2.45, 2.75) is 51.7 Å². The highest BCUT2D eigenvalue weighted by molar-refractivity contribution is 5.93. The van der Waals surface area contributed by atoms with Gasteiger partial charge in [-0.2, -0.15) is 0 Å². The van der Waals surface area contributed by atoms with Crippen LogP contribution in [-0.2, 0) is 4.79 Å². The van der Waals surface area contributed by atoms with E-state index in [1.807, 2.05) is 65.6 Å². The first-order chi connectivity index (χ1) is 14.1. The predicted molar refractivity (Wildman–Crippen MR) is 119 cm³/mol. The molecule has 1 aliphatic heterocycles. The number of para-hydroxylation sites is 1. The molecular formula is C25H34N2O2. The van der Waals surface area contributed by atoms with Crippen LogP contribution in [0.4, 0.5) is 5.69 Å². The number of β-amino-alcohol motifs (C(OH)–C–C–N with tert-alkyl or cyclic N) is 1. The lowest BCUT2D eigenvalue weighted by Gasteiger charge is -2.41. The fraction of sp³-hybridized carbons (Fsp3) is 0.480. The van der Waals surface area contributed by atoms with Crippen LogP contribution < -0.4 is 4.90 Å². The van der Waals surface area contributed by atoms with Gasteiger partial charge in [0.15, 0.2) is 0 Å².